The highest BCUT2D eigenvalue weighted by Crippen LogP contribution is 2.43. The van der Waals surface area contributed by atoms with Crippen LogP contribution in [0.3, 0.4) is 0 Å². The summed E-state index contributed by atoms with van der Waals surface area (Å²) in [5.41, 5.74) is 6.75. The molecule has 0 saturated heterocycles. The van der Waals surface area contributed by atoms with Crippen LogP contribution in [-0.4, -0.2) is 0 Å². The first kappa shape index (κ1) is 28.8. The lowest BCUT2D eigenvalue weighted by atomic mass is 9.99. The zero-order valence-corrected chi connectivity index (χ0v) is 27.3. The molecule has 0 atom stereocenters. The standard InChI is InChI=1S/C45H29N3S/c46-30-31-11-9-16-36(25-31)48(38-18-10-17-37(27-38)47(34-12-3-1-4-13-34)35-14-5-2-6-15-35)39-24-23-32-21-22-33-26-45-43(29-42(33)41(32)28-39)40-19-7-8-20-44(40)49-45/h1-29H. The second-order valence-electron chi connectivity index (χ2n) is 12.2. The third kappa shape index (κ3) is 5.14. The van der Waals surface area contributed by atoms with Gasteiger partial charge in [0, 0.05) is 54.3 Å². The molecule has 9 aromatic rings. The number of fused-ring (bicyclic) bond motifs is 6. The van der Waals surface area contributed by atoms with Crippen molar-refractivity contribution in [2.45, 2.75) is 0 Å². The lowest BCUT2D eigenvalue weighted by Gasteiger charge is -2.29. The fraction of sp³-hybridized carbons (Fsp3) is 0. The highest BCUT2D eigenvalue weighted by atomic mass is 32.1. The van der Waals surface area contributed by atoms with Crippen LogP contribution >= 0.6 is 11.3 Å². The molecule has 3 nitrogen and oxygen atoms in total. The number of para-hydroxylation sites is 2. The van der Waals surface area contributed by atoms with Gasteiger partial charge in [0.05, 0.1) is 11.6 Å². The van der Waals surface area contributed by atoms with Crippen LogP contribution in [0, 0.1) is 11.3 Å². The SMILES string of the molecule is N#Cc1cccc(N(c2cccc(N(c3ccccc3)c3ccccc3)c2)c2ccc3ccc4cc5sc6ccccc6c5cc4c3c2)c1. The molecule has 9 rings (SSSR count). The zero-order chi connectivity index (χ0) is 32.7. The van der Waals surface area contributed by atoms with Crippen LogP contribution in [0.4, 0.5) is 34.1 Å². The van der Waals surface area contributed by atoms with E-state index in [4.69, 9.17) is 0 Å². The topological polar surface area (TPSA) is 30.3 Å². The molecule has 0 fully saturated rings. The van der Waals surface area contributed by atoms with Crippen LogP contribution in [0.1, 0.15) is 5.56 Å². The third-order valence-corrected chi connectivity index (χ3v) is 10.3. The van der Waals surface area contributed by atoms with E-state index in [0.29, 0.717) is 5.56 Å². The Balaban J connectivity index is 1.25. The van der Waals surface area contributed by atoms with Gasteiger partial charge in [-0.1, -0.05) is 84.9 Å². The molecule has 0 spiro atoms. The van der Waals surface area contributed by atoms with Crippen molar-refractivity contribution < 1.29 is 0 Å². The van der Waals surface area contributed by atoms with Crippen molar-refractivity contribution in [1.82, 2.24) is 0 Å². The van der Waals surface area contributed by atoms with Gasteiger partial charge < -0.3 is 9.80 Å². The Morgan fingerprint density at radius 1 is 0.367 bits per heavy atom. The summed E-state index contributed by atoms with van der Waals surface area (Å²) in [6.45, 7) is 0. The fourth-order valence-electron chi connectivity index (χ4n) is 6.93. The Hall–Kier alpha value is -6.41. The average molecular weight is 644 g/mol. The first-order valence-electron chi connectivity index (χ1n) is 16.3. The van der Waals surface area contributed by atoms with Gasteiger partial charge in [-0.05, 0) is 113 Å². The predicted molar refractivity (Wildman–Crippen MR) is 208 cm³/mol. The van der Waals surface area contributed by atoms with Crippen LogP contribution in [-0.2, 0) is 0 Å². The molecule has 0 amide bonds. The molecular formula is C45H29N3S. The summed E-state index contributed by atoms with van der Waals surface area (Å²) in [6, 6.07) is 64.3. The maximum absolute atomic E-state index is 9.88. The zero-order valence-electron chi connectivity index (χ0n) is 26.5. The van der Waals surface area contributed by atoms with Crippen molar-refractivity contribution in [3.63, 3.8) is 0 Å². The van der Waals surface area contributed by atoms with Crippen LogP contribution in [0.25, 0.3) is 41.7 Å². The smallest absolute Gasteiger partial charge is 0.0992 e. The van der Waals surface area contributed by atoms with E-state index >= 15 is 0 Å². The van der Waals surface area contributed by atoms with Gasteiger partial charge in [-0.25, -0.2) is 0 Å². The number of nitrogens with zero attached hydrogens (tertiary/aromatic N) is 3. The number of benzene rings is 8. The molecule has 0 aliphatic heterocycles. The molecule has 0 aliphatic rings. The van der Waals surface area contributed by atoms with E-state index in [2.05, 4.69) is 161 Å². The number of rotatable bonds is 6. The normalized spacial score (nSPS) is 11.2. The molecule has 0 saturated carbocycles. The maximum atomic E-state index is 9.88. The van der Waals surface area contributed by atoms with Gasteiger partial charge in [0.25, 0.3) is 0 Å². The number of hydrogen-bond acceptors (Lipinski definition) is 4. The maximum Gasteiger partial charge on any atom is 0.0992 e. The van der Waals surface area contributed by atoms with Crippen molar-refractivity contribution in [2.75, 3.05) is 9.80 Å². The largest absolute Gasteiger partial charge is 0.310 e. The second kappa shape index (κ2) is 12.0. The number of thiophene rings is 1. The Morgan fingerprint density at radius 3 is 1.65 bits per heavy atom. The summed E-state index contributed by atoms with van der Waals surface area (Å²) in [5, 5.41) is 17.3. The third-order valence-electron chi connectivity index (χ3n) is 9.18. The van der Waals surface area contributed by atoms with Crippen LogP contribution in [0.2, 0.25) is 0 Å². The van der Waals surface area contributed by atoms with Crippen LogP contribution in [0.5, 0.6) is 0 Å². The van der Waals surface area contributed by atoms with Gasteiger partial charge in [0.1, 0.15) is 0 Å². The van der Waals surface area contributed by atoms with E-state index in [0.717, 1.165) is 34.1 Å². The average Bonchev–Trinajstić information content (AvgIpc) is 3.53. The highest BCUT2D eigenvalue weighted by molar-refractivity contribution is 7.25. The first-order valence-corrected chi connectivity index (χ1v) is 17.1. The summed E-state index contributed by atoms with van der Waals surface area (Å²) in [7, 11) is 0. The van der Waals surface area contributed by atoms with E-state index in [1.807, 2.05) is 41.7 Å². The van der Waals surface area contributed by atoms with E-state index in [1.165, 1.54) is 41.7 Å². The van der Waals surface area contributed by atoms with Crippen LogP contribution < -0.4 is 9.80 Å². The van der Waals surface area contributed by atoms with Crippen molar-refractivity contribution in [1.29, 1.82) is 5.26 Å². The molecule has 0 radical (unpaired) electrons. The van der Waals surface area contributed by atoms with Crippen molar-refractivity contribution in [2.24, 2.45) is 0 Å². The van der Waals surface area contributed by atoms with Crippen molar-refractivity contribution >= 4 is 87.2 Å². The lowest BCUT2D eigenvalue weighted by Crippen LogP contribution is -2.13. The minimum absolute atomic E-state index is 0.617. The monoisotopic (exact) mass is 643 g/mol. The minimum Gasteiger partial charge on any atom is -0.310 e. The number of nitriles is 1. The van der Waals surface area contributed by atoms with Gasteiger partial charge in [-0.15, -0.1) is 11.3 Å². The molecule has 0 aliphatic carbocycles. The van der Waals surface area contributed by atoms with Gasteiger partial charge in [-0.3, -0.25) is 0 Å². The minimum atomic E-state index is 0.617. The van der Waals surface area contributed by atoms with Gasteiger partial charge in [-0.2, -0.15) is 5.26 Å². The Labute approximate surface area is 288 Å². The lowest BCUT2D eigenvalue weighted by molar-refractivity contribution is 1.25. The van der Waals surface area contributed by atoms with Crippen molar-refractivity contribution in [3.05, 3.63) is 181 Å². The first-order chi connectivity index (χ1) is 24.2. The van der Waals surface area contributed by atoms with Crippen molar-refractivity contribution in [3.8, 4) is 6.07 Å². The predicted octanol–water partition coefficient (Wildman–Crippen LogP) is 13.2. The summed E-state index contributed by atoms with van der Waals surface area (Å²) in [6.07, 6.45) is 0. The van der Waals surface area contributed by atoms with Gasteiger partial charge in [0.2, 0.25) is 0 Å². The molecular weight excluding hydrogens is 615 g/mol. The Kier molecular flexibility index (Phi) is 7.04. The summed E-state index contributed by atoms with van der Waals surface area (Å²) >= 11 is 1.85. The fourth-order valence-corrected chi connectivity index (χ4v) is 8.07. The quantitative estimate of drug-likeness (QED) is 0.169. The van der Waals surface area contributed by atoms with E-state index in [1.54, 1.807) is 0 Å². The molecule has 1 aromatic heterocycles. The summed E-state index contributed by atoms with van der Waals surface area (Å²) in [4.78, 5) is 4.53. The molecule has 49 heavy (non-hydrogen) atoms. The second-order valence-corrected chi connectivity index (χ2v) is 13.2. The molecule has 8 aromatic carbocycles. The number of hydrogen-bond donors (Lipinski definition) is 0. The molecule has 1 heterocycles. The molecule has 230 valence electrons. The molecule has 0 bridgehead atoms. The van der Waals surface area contributed by atoms with E-state index in [-0.39, 0.29) is 0 Å². The molecule has 0 N–H and O–H groups in total. The number of anilines is 6. The Bertz CT molecular complexity index is 2650. The molecule has 0 unspecified atom stereocenters. The van der Waals surface area contributed by atoms with Gasteiger partial charge >= 0.3 is 0 Å². The van der Waals surface area contributed by atoms with Gasteiger partial charge in [0.15, 0.2) is 0 Å². The summed E-state index contributed by atoms with van der Waals surface area (Å²) in [5.74, 6) is 0. The van der Waals surface area contributed by atoms with Crippen LogP contribution in [0.15, 0.2) is 176 Å². The molecule has 4 heteroatoms. The summed E-state index contributed by atoms with van der Waals surface area (Å²) < 4.78 is 2.61. The van der Waals surface area contributed by atoms with E-state index in [9.17, 15) is 5.26 Å². The highest BCUT2D eigenvalue weighted by Gasteiger charge is 2.18. The van der Waals surface area contributed by atoms with E-state index < -0.39 is 0 Å². The Morgan fingerprint density at radius 2 is 0.918 bits per heavy atom.